The molecule has 4 nitrogen and oxygen atoms in total. The van der Waals surface area contributed by atoms with E-state index in [0.717, 1.165) is 35.4 Å². The number of nitrogens with zero attached hydrogens (tertiary/aromatic N) is 2. The number of aliphatic hydroxyl groups is 1. The van der Waals surface area contributed by atoms with Crippen LogP contribution in [-0.4, -0.2) is 61.3 Å². The molecule has 0 spiro atoms. The predicted octanol–water partition coefficient (Wildman–Crippen LogP) is 2.13. The van der Waals surface area contributed by atoms with Crippen LogP contribution in [0, 0.1) is 0 Å². The first kappa shape index (κ1) is 15.8. The zero-order valence-corrected chi connectivity index (χ0v) is 13.9. The molecule has 0 bridgehead atoms. The fourth-order valence-corrected chi connectivity index (χ4v) is 3.47. The van der Waals surface area contributed by atoms with Crippen molar-refractivity contribution in [1.29, 1.82) is 0 Å². The molecule has 1 heterocycles. The van der Waals surface area contributed by atoms with E-state index in [2.05, 4.69) is 39.7 Å². The van der Waals surface area contributed by atoms with Gasteiger partial charge in [-0.15, -0.1) is 0 Å². The molecule has 5 heteroatoms. The van der Waals surface area contributed by atoms with Gasteiger partial charge in [-0.1, -0.05) is 6.07 Å². The number of hydrogen-bond acceptors (Lipinski definition) is 4. The van der Waals surface area contributed by atoms with Gasteiger partial charge in [-0.25, -0.2) is 0 Å². The van der Waals surface area contributed by atoms with Crippen LogP contribution in [0.15, 0.2) is 22.7 Å². The van der Waals surface area contributed by atoms with Gasteiger partial charge in [0.1, 0.15) is 5.75 Å². The standard InChI is InChI=1S/C15H23BrN2O2/c1-11-9-17(2)6-7-18(11)14(10-19)12-4-5-15(20-3)13(16)8-12/h4-5,8,11,14,19H,6-7,9-10H2,1-3H3. The van der Waals surface area contributed by atoms with Crippen LogP contribution in [0.3, 0.4) is 0 Å². The maximum absolute atomic E-state index is 9.83. The lowest BCUT2D eigenvalue weighted by molar-refractivity contribution is 0.0341. The van der Waals surface area contributed by atoms with Gasteiger partial charge < -0.3 is 14.7 Å². The zero-order chi connectivity index (χ0) is 14.7. The Balaban J connectivity index is 2.21. The molecule has 2 unspecified atom stereocenters. The predicted molar refractivity (Wildman–Crippen MR) is 84.2 cm³/mol. The Kier molecular flexibility index (Phi) is 5.43. The van der Waals surface area contributed by atoms with Gasteiger partial charge >= 0.3 is 0 Å². The molecule has 0 aliphatic carbocycles. The van der Waals surface area contributed by atoms with Crippen molar-refractivity contribution >= 4 is 15.9 Å². The maximum Gasteiger partial charge on any atom is 0.133 e. The lowest BCUT2D eigenvalue weighted by Gasteiger charge is -2.42. The average Bonchev–Trinajstić information content (AvgIpc) is 2.42. The van der Waals surface area contributed by atoms with Gasteiger partial charge in [0.05, 0.1) is 24.2 Å². The van der Waals surface area contributed by atoms with Crippen molar-refractivity contribution in [3.63, 3.8) is 0 Å². The van der Waals surface area contributed by atoms with Crippen molar-refractivity contribution in [2.24, 2.45) is 0 Å². The molecule has 1 aliphatic heterocycles. The van der Waals surface area contributed by atoms with E-state index < -0.39 is 0 Å². The van der Waals surface area contributed by atoms with E-state index in [9.17, 15) is 5.11 Å². The molecule has 112 valence electrons. The molecule has 0 radical (unpaired) electrons. The van der Waals surface area contributed by atoms with E-state index in [4.69, 9.17) is 4.74 Å². The summed E-state index contributed by atoms with van der Waals surface area (Å²) in [7, 11) is 3.80. The normalized spacial score (nSPS) is 22.8. The van der Waals surface area contributed by atoms with Crippen LogP contribution in [0.2, 0.25) is 0 Å². The van der Waals surface area contributed by atoms with Gasteiger partial charge in [0.2, 0.25) is 0 Å². The van der Waals surface area contributed by atoms with Crippen molar-refractivity contribution in [3.8, 4) is 5.75 Å². The van der Waals surface area contributed by atoms with Crippen LogP contribution in [0.1, 0.15) is 18.5 Å². The molecule has 1 saturated heterocycles. The average molecular weight is 343 g/mol. The van der Waals surface area contributed by atoms with E-state index in [1.165, 1.54) is 0 Å². The van der Waals surface area contributed by atoms with E-state index in [-0.39, 0.29) is 12.6 Å². The van der Waals surface area contributed by atoms with E-state index in [1.54, 1.807) is 7.11 Å². The smallest absolute Gasteiger partial charge is 0.133 e. The van der Waals surface area contributed by atoms with Gasteiger partial charge in [-0.3, -0.25) is 4.90 Å². The fourth-order valence-electron chi connectivity index (χ4n) is 2.91. The third kappa shape index (κ3) is 3.34. The molecule has 1 N–H and O–H groups in total. The minimum atomic E-state index is 0.0425. The van der Waals surface area contributed by atoms with Crippen LogP contribution in [0.4, 0.5) is 0 Å². The number of hydrogen-bond donors (Lipinski definition) is 1. The van der Waals surface area contributed by atoms with Crippen LogP contribution in [-0.2, 0) is 0 Å². The molecule has 0 saturated carbocycles. The first-order chi connectivity index (χ1) is 9.56. The summed E-state index contributed by atoms with van der Waals surface area (Å²) in [5.74, 6) is 0.817. The summed E-state index contributed by atoms with van der Waals surface area (Å²) in [6, 6.07) is 6.51. The van der Waals surface area contributed by atoms with Crippen LogP contribution >= 0.6 is 15.9 Å². The Bertz CT molecular complexity index is 455. The second-order valence-electron chi connectivity index (χ2n) is 5.44. The molecule has 1 aromatic carbocycles. The quantitative estimate of drug-likeness (QED) is 0.909. The molecule has 0 amide bonds. The summed E-state index contributed by atoms with van der Waals surface area (Å²) in [5.41, 5.74) is 1.12. The van der Waals surface area contributed by atoms with Crippen molar-refractivity contribution in [3.05, 3.63) is 28.2 Å². The Morgan fingerprint density at radius 1 is 1.45 bits per heavy atom. The highest BCUT2D eigenvalue weighted by Gasteiger charge is 2.28. The highest BCUT2D eigenvalue weighted by molar-refractivity contribution is 9.10. The SMILES string of the molecule is COc1ccc(C(CO)N2CCN(C)CC2C)cc1Br. The molecular weight excluding hydrogens is 320 g/mol. The third-order valence-electron chi connectivity index (χ3n) is 4.02. The molecule has 2 rings (SSSR count). The summed E-state index contributed by atoms with van der Waals surface area (Å²) in [4.78, 5) is 4.72. The molecule has 0 aromatic heterocycles. The van der Waals surface area contributed by atoms with Crippen molar-refractivity contribution < 1.29 is 9.84 Å². The molecule has 1 aromatic rings. The number of ether oxygens (including phenoxy) is 1. The summed E-state index contributed by atoms with van der Waals surface area (Å²) < 4.78 is 6.19. The largest absolute Gasteiger partial charge is 0.496 e. The molecule has 1 fully saturated rings. The number of methoxy groups -OCH3 is 1. The van der Waals surface area contributed by atoms with Crippen molar-refractivity contribution in [2.75, 3.05) is 40.4 Å². The molecular formula is C15H23BrN2O2. The van der Waals surface area contributed by atoms with Gasteiger partial charge in [0.15, 0.2) is 0 Å². The van der Waals surface area contributed by atoms with E-state index >= 15 is 0 Å². The second-order valence-corrected chi connectivity index (χ2v) is 6.30. The fraction of sp³-hybridized carbons (Fsp3) is 0.600. The Hall–Kier alpha value is -0.620. The lowest BCUT2D eigenvalue weighted by atomic mass is 10.0. The summed E-state index contributed by atoms with van der Waals surface area (Å²) in [6.07, 6.45) is 0. The minimum absolute atomic E-state index is 0.0425. The molecule has 1 aliphatic rings. The summed E-state index contributed by atoms with van der Waals surface area (Å²) in [6.45, 7) is 5.41. The van der Waals surface area contributed by atoms with Crippen molar-refractivity contribution in [1.82, 2.24) is 9.80 Å². The van der Waals surface area contributed by atoms with Gasteiger partial charge in [-0.05, 0) is 47.6 Å². The highest BCUT2D eigenvalue weighted by Crippen LogP contribution is 2.31. The maximum atomic E-state index is 9.83. The monoisotopic (exact) mass is 342 g/mol. The molecule has 20 heavy (non-hydrogen) atoms. The van der Waals surface area contributed by atoms with Crippen LogP contribution in [0.25, 0.3) is 0 Å². The molecule has 2 atom stereocenters. The summed E-state index contributed by atoms with van der Waals surface area (Å²) in [5, 5.41) is 9.83. The van der Waals surface area contributed by atoms with Crippen LogP contribution < -0.4 is 4.74 Å². The van der Waals surface area contributed by atoms with Crippen LogP contribution in [0.5, 0.6) is 5.75 Å². The zero-order valence-electron chi connectivity index (χ0n) is 12.3. The van der Waals surface area contributed by atoms with Gasteiger partial charge in [0, 0.05) is 25.7 Å². The highest BCUT2D eigenvalue weighted by atomic mass is 79.9. The van der Waals surface area contributed by atoms with Gasteiger partial charge in [0.25, 0.3) is 0 Å². The minimum Gasteiger partial charge on any atom is -0.496 e. The lowest BCUT2D eigenvalue weighted by Crippen LogP contribution is -2.52. The Labute approximate surface area is 129 Å². The van der Waals surface area contributed by atoms with Gasteiger partial charge in [-0.2, -0.15) is 0 Å². The first-order valence-corrected chi connectivity index (χ1v) is 7.74. The Morgan fingerprint density at radius 2 is 2.20 bits per heavy atom. The van der Waals surface area contributed by atoms with E-state index in [1.807, 2.05) is 18.2 Å². The Morgan fingerprint density at radius 3 is 2.75 bits per heavy atom. The number of piperazine rings is 1. The third-order valence-corrected chi connectivity index (χ3v) is 4.64. The van der Waals surface area contributed by atoms with E-state index in [0.29, 0.717) is 6.04 Å². The number of halogens is 1. The number of benzene rings is 1. The van der Waals surface area contributed by atoms with Crippen molar-refractivity contribution in [2.45, 2.75) is 19.0 Å². The number of likely N-dealkylation sites (N-methyl/N-ethyl adjacent to an activating group) is 1. The topological polar surface area (TPSA) is 35.9 Å². The summed E-state index contributed by atoms with van der Waals surface area (Å²) >= 11 is 3.52. The number of aliphatic hydroxyl groups excluding tert-OH is 1. The first-order valence-electron chi connectivity index (χ1n) is 6.95. The second kappa shape index (κ2) is 6.89. The number of rotatable bonds is 4.